The minimum absolute atomic E-state index is 0.0206. The van der Waals surface area contributed by atoms with E-state index in [1.807, 2.05) is 11.0 Å². The average Bonchev–Trinajstić information content (AvgIpc) is 3.77. The first kappa shape index (κ1) is 32.5. The summed E-state index contributed by atoms with van der Waals surface area (Å²) in [5.41, 5.74) is 6.59. The fourth-order valence-corrected chi connectivity index (χ4v) is 8.71. The molecule has 0 saturated carbocycles. The monoisotopic (exact) mass is 693 g/mol. The second kappa shape index (κ2) is 12.7. The van der Waals surface area contributed by atoms with Gasteiger partial charge in [-0.15, -0.1) is 11.3 Å². The van der Waals surface area contributed by atoms with E-state index in [4.69, 9.17) is 31.8 Å². The zero-order chi connectivity index (χ0) is 33.7. The maximum Gasteiger partial charge on any atom is 0.319 e. The van der Waals surface area contributed by atoms with Crippen LogP contribution in [0.15, 0.2) is 30.4 Å². The van der Waals surface area contributed by atoms with Crippen molar-refractivity contribution in [1.82, 2.24) is 19.8 Å². The summed E-state index contributed by atoms with van der Waals surface area (Å²) in [6.45, 7) is 8.00. The molecule has 3 aliphatic rings. The van der Waals surface area contributed by atoms with Gasteiger partial charge in [-0.2, -0.15) is 15.2 Å². The highest BCUT2D eigenvalue weighted by Gasteiger charge is 2.45. The number of benzene rings is 2. The number of nitrogens with zero attached hydrogens (tertiary/aromatic N) is 6. The van der Waals surface area contributed by atoms with Crippen LogP contribution in [-0.4, -0.2) is 90.8 Å². The van der Waals surface area contributed by atoms with Crippen molar-refractivity contribution in [3.63, 3.8) is 0 Å². The predicted molar refractivity (Wildman–Crippen MR) is 182 cm³/mol. The highest BCUT2D eigenvalue weighted by molar-refractivity contribution is 7.23. The lowest BCUT2D eigenvalue weighted by atomic mass is 9.95. The van der Waals surface area contributed by atoms with Crippen molar-refractivity contribution in [2.75, 3.05) is 70.2 Å². The first-order valence-corrected chi connectivity index (χ1v) is 17.0. The van der Waals surface area contributed by atoms with Gasteiger partial charge in [-0.1, -0.05) is 24.2 Å². The lowest BCUT2D eigenvalue weighted by molar-refractivity contribution is -0.127. The van der Waals surface area contributed by atoms with Crippen LogP contribution in [0.3, 0.4) is 0 Å². The molecule has 1 amide bonds. The molecule has 3 saturated heterocycles. The summed E-state index contributed by atoms with van der Waals surface area (Å²) in [7, 11) is 1.51. The third-order valence-corrected chi connectivity index (χ3v) is 11.1. The third kappa shape index (κ3) is 5.41. The van der Waals surface area contributed by atoms with Crippen molar-refractivity contribution in [2.24, 2.45) is 0 Å². The normalized spacial score (nSPS) is 17.6. The van der Waals surface area contributed by atoms with E-state index in [0.29, 0.717) is 49.6 Å². The summed E-state index contributed by atoms with van der Waals surface area (Å²) in [5, 5.41) is 10.6. The van der Waals surface area contributed by atoms with Gasteiger partial charge in [0.15, 0.2) is 5.82 Å². The van der Waals surface area contributed by atoms with E-state index in [-0.39, 0.29) is 66.4 Å². The van der Waals surface area contributed by atoms with Crippen LogP contribution in [0.1, 0.15) is 31.2 Å². The number of fused-ring (bicyclic) bond motifs is 3. The average molecular weight is 694 g/mol. The van der Waals surface area contributed by atoms with Crippen LogP contribution in [0.4, 0.5) is 19.6 Å². The van der Waals surface area contributed by atoms with Gasteiger partial charge in [0.1, 0.15) is 34.8 Å². The molecule has 0 atom stereocenters. The summed E-state index contributed by atoms with van der Waals surface area (Å²) < 4.78 is 43.4. The second-order valence-electron chi connectivity index (χ2n) is 12.5. The number of halogens is 3. The lowest BCUT2D eigenvalue weighted by Crippen LogP contribution is -2.49. The highest BCUT2D eigenvalue weighted by atomic mass is 35.5. The number of nitrogens with two attached hydrogens (primary N) is 1. The molecule has 3 aliphatic heterocycles. The molecule has 0 radical (unpaired) electrons. The maximum atomic E-state index is 17.0. The number of hydrogen-bond donors (Lipinski definition) is 1. The zero-order valence-corrected chi connectivity index (χ0v) is 28.0. The number of carbonyl (C=O) groups is 1. The van der Waals surface area contributed by atoms with E-state index in [9.17, 15) is 14.4 Å². The Bertz CT molecular complexity index is 2000. The fourth-order valence-electron chi connectivity index (χ4n) is 7.46. The molecule has 250 valence electrons. The number of nitrogen functional groups attached to an aromatic ring is 1. The lowest BCUT2D eigenvalue weighted by Gasteiger charge is -2.36. The van der Waals surface area contributed by atoms with Crippen molar-refractivity contribution in [3.05, 3.63) is 52.6 Å². The number of nitriles is 1. The van der Waals surface area contributed by atoms with E-state index in [1.54, 1.807) is 11.0 Å². The fraction of sp³-hybridized carbons (Fsp3) is 0.412. The Labute approximate surface area is 285 Å². The van der Waals surface area contributed by atoms with Gasteiger partial charge in [0, 0.05) is 55.2 Å². The van der Waals surface area contributed by atoms with Crippen molar-refractivity contribution >= 4 is 60.7 Å². The first-order chi connectivity index (χ1) is 23.2. The number of hydrogen-bond acceptors (Lipinski definition) is 10. The van der Waals surface area contributed by atoms with Crippen molar-refractivity contribution in [3.8, 4) is 23.2 Å². The van der Waals surface area contributed by atoms with E-state index in [1.165, 1.54) is 19.2 Å². The number of anilines is 2. The molecule has 0 aliphatic carbocycles. The number of carbonyl (C=O) groups excluding carboxylic acids is 1. The number of aromatic nitrogens is 2. The minimum atomic E-state index is -0.751. The van der Waals surface area contributed by atoms with Crippen LogP contribution in [0.5, 0.6) is 6.01 Å². The molecule has 0 bridgehead atoms. The van der Waals surface area contributed by atoms with E-state index >= 15 is 4.39 Å². The number of amides is 1. The molecular formula is C34H34ClF2N7O3S. The molecule has 2 aromatic heterocycles. The molecule has 5 heterocycles. The van der Waals surface area contributed by atoms with Gasteiger partial charge in [0.25, 0.3) is 5.91 Å². The Hall–Kier alpha value is -4.09. The standard InChI is InChI=1S/C34H34ClF2N7O3S/c1-19(17-46-2)32(45)43-13-11-42(12-14-43)31-21-15-23(35)26(20-5-6-24(36)29-25(20)22(16-38)30(39)48-29)27(37)28(21)40-33(41-31)47-18-34-7-3-9-44(34)10-4-8-34/h5-6,15H,1,3-4,7-14,17-18,39H2,2H3. The minimum Gasteiger partial charge on any atom is -0.461 e. The number of piperazine rings is 1. The molecule has 3 fully saturated rings. The largest absolute Gasteiger partial charge is 0.461 e. The van der Waals surface area contributed by atoms with Crippen molar-refractivity contribution < 1.29 is 23.0 Å². The van der Waals surface area contributed by atoms with E-state index in [2.05, 4.69) is 16.5 Å². The Morgan fingerprint density at radius 3 is 2.58 bits per heavy atom. The summed E-state index contributed by atoms with van der Waals surface area (Å²) in [6.07, 6.45) is 4.20. The predicted octanol–water partition coefficient (Wildman–Crippen LogP) is 5.76. The topological polar surface area (TPSA) is 121 Å². The van der Waals surface area contributed by atoms with E-state index < -0.39 is 11.6 Å². The summed E-state index contributed by atoms with van der Waals surface area (Å²) in [6, 6.07) is 6.28. The second-order valence-corrected chi connectivity index (χ2v) is 14.0. The van der Waals surface area contributed by atoms with Crippen molar-refractivity contribution in [1.29, 1.82) is 5.26 Å². The summed E-state index contributed by atoms with van der Waals surface area (Å²) >= 11 is 7.77. The number of ether oxygens (including phenoxy) is 2. The number of rotatable bonds is 8. The van der Waals surface area contributed by atoms with Crippen LogP contribution in [0.25, 0.3) is 32.1 Å². The molecule has 4 aromatic rings. The zero-order valence-electron chi connectivity index (χ0n) is 26.5. The molecule has 48 heavy (non-hydrogen) atoms. The smallest absolute Gasteiger partial charge is 0.319 e. The summed E-state index contributed by atoms with van der Waals surface area (Å²) in [5.74, 6) is -1.07. The Kier molecular flexibility index (Phi) is 8.62. The Balaban J connectivity index is 1.32. The van der Waals surface area contributed by atoms with Crippen LogP contribution in [0, 0.1) is 23.0 Å². The maximum absolute atomic E-state index is 17.0. The number of methoxy groups -OCH3 is 1. The SMILES string of the molecule is C=C(COC)C(=O)N1CCN(c2nc(OCC34CCCN3CCC4)nc3c(F)c(-c4ccc(F)c5sc(N)c(C#N)c45)c(Cl)cc23)CC1. The van der Waals surface area contributed by atoms with Gasteiger partial charge < -0.3 is 25.0 Å². The molecule has 0 unspecified atom stereocenters. The molecule has 7 rings (SSSR count). The summed E-state index contributed by atoms with van der Waals surface area (Å²) in [4.78, 5) is 28.4. The first-order valence-electron chi connectivity index (χ1n) is 15.8. The van der Waals surface area contributed by atoms with Gasteiger partial charge in [0.2, 0.25) is 0 Å². The van der Waals surface area contributed by atoms with Crippen LogP contribution >= 0.6 is 22.9 Å². The van der Waals surface area contributed by atoms with Crippen molar-refractivity contribution in [2.45, 2.75) is 31.2 Å². The molecular weight excluding hydrogens is 660 g/mol. The highest BCUT2D eigenvalue weighted by Crippen LogP contribution is 2.46. The molecule has 2 N–H and O–H groups in total. The van der Waals surface area contributed by atoms with Crippen LogP contribution in [-0.2, 0) is 9.53 Å². The van der Waals surface area contributed by atoms with Gasteiger partial charge in [-0.05, 0) is 56.5 Å². The Morgan fingerprint density at radius 1 is 1.17 bits per heavy atom. The quantitative estimate of drug-likeness (QED) is 0.230. The molecule has 2 aromatic carbocycles. The van der Waals surface area contributed by atoms with Gasteiger partial charge in [0.05, 0.1) is 27.4 Å². The molecule has 14 heteroatoms. The molecule has 0 spiro atoms. The Morgan fingerprint density at radius 2 is 1.90 bits per heavy atom. The third-order valence-electron chi connectivity index (χ3n) is 9.81. The van der Waals surface area contributed by atoms with Gasteiger partial charge in [-0.3, -0.25) is 9.69 Å². The van der Waals surface area contributed by atoms with Gasteiger partial charge in [-0.25, -0.2) is 8.78 Å². The van der Waals surface area contributed by atoms with Crippen LogP contribution in [0.2, 0.25) is 5.02 Å². The number of thiophene rings is 1. The van der Waals surface area contributed by atoms with E-state index in [0.717, 1.165) is 50.1 Å². The van der Waals surface area contributed by atoms with Gasteiger partial charge >= 0.3 is 6.01 Å². The molecule has 10 nitrogen and oxygen atoms in total. The van der Waals surface area contributed by atoms with Crippen LogP contribution < -0.4 is 15.4 Å².